The van der Waals surface area contributed by atoms with Crippen LogP contribution in [0.15, 0.2) is 30.3 Å². The average Bonchev–Trinajstić information content (AvgIpc) is 2.90. The van der Waals surface area contributed by atoms with Crippen LogP contribution in [-0.2, 0) is 20.8 Å². The van der Waals surface area contributed by atoms with Crippen molar-refractivity contribution in [3.63, 3.8) is 0 Å². The lowest BCUT2D eigenvalue weighted by Gasteiger charge is -2.17. The van der Waals surface area contributed by atoms with Crippen LogP contribution in [0.5, 0.6) is 0 Å². The average molecular weight is 290 g/mol. The summed E-state index contributed by atoms with van der Waals surface area (Å²) in [7, 11) is 0. The molecule has 6 heteroatoms. The van der Waals surface area contributed by atoms with Crippen molar-refractivity contribution in [1.29, 1.82) is 0 Å². The number of nitrogens with one attached hydrogen (secondary N) is 2. The molecule has 6 nitrogen and oxygen atoms in total. The molecule has 0 saturated carbocycles. The molecule has 21 heavy (non-hydrogen) atoms. The first-order valence-corrected chi connectivity index (χ1v) is 6.92. The summed E-state index contributed by atoms with van der Waals surface area (Å²) in [6.07, 6.45) is 1.59. The van der Waals surface area contributed by atoms with Gasteiger partial charge in [-0.05, 0) is 24.8 Å². The third-order valence-electron chi connectivity index (χ3n) is 3.49. The van der Waals surface area contributed by atoms with E-state index in [4.69, 9.17) is 0 Å². The van der Waals surface area contributed by atoms with Gasteiger partial charge in [-0.3, -0.25) is 9.59 Å². The largest absolute Gasteiger partial charge is 0.480 e. The molecule has 2 atom stereocenters. The molecule has 2 rings (SSSR count). The number of aryl methyl sites for hydroxylation is 1. The third kappa shape index (κ3) is 4.30. The van der Waals surface area contributed by atoms with Crippen molar-refractivity contribution >= 4 is 17.8 Å². The van der Waals surface area contributed by atoms with Crippen LogP contribution in [0.4, 0.5) is 0 Å². The van der Waals surface area contributed by atoms with E-state index >= 15 is 0 Å². The second kappa shape index (κ2) is 6.88. The van der Waals surface area contributed by atoms with E-state index < -0.39 is 24.0 Å². The van der Waals surface area contributed by atoms with Crippen molar-refractivity contribution in [1.82, 2.24) is 10.6 Å². The maximum absolute atomic E-state index is 11.9. The number of rotatable bonds is 6. The summed E-state index contributed by atoms with van der Waals surface area (Å²) in [5.41, 5.74) is 1.02. The second-order valence-corrected chi connectivity index (χ2v) is 5.08. The fraction of sp³-hybridized carbons (Fsp3) is 0.400. The number of carboxylic acid groups (broad SMARTS) is 1. The number of carboxylic acids is 1. The van der Waals surface area contributed by atoms with Gasteiger partial charge in [0.15, 0.2) is 0 Å². The van der Waals surface area contributed by atoms with E-state index in [1.165, 1.54) is 0 Å². The highest BCUT2D eigenvalue weighted by Crippen LogP contribution is 2.09. The van der Waals surface area contributed by atoms with Gasteiger partial charge in [0, 0.05) is 6.42 Å². The Morgan fingerprint density at radius 3 is 2.62 bits per heavy atom. The van der Waals surface area contributed by atoms with Crippen LogP contribution in [0.2, 0.25) is 0 Å². The number of amides is 2. The maximum Gasteiger partial charge on any atom is 0.326 e. The minimum absolute atomic E-state index is 0.175. The van der Waals surface area contributed by atoms with Crippen molar-refractivity contribution < 1.29 is 19.5 Å². The standard InChI is InChI=1S/C15H18N2O4/c18-13-9-8-11(16-13)14(19)17-12(15(20)21)7-6-10-4-2-1-3-5-10/h1-5,11-12H,6-9H2,(H,16,18)(H,17,19)(H,20,21)/t11-,12-/m0/s1. The number of aliphatic carboxylic acids is 1. The zero-order valence-corrected chi connectivity index (χ0v) is 11.5. The normalized spacial score (nSPS) is 18.9. The van der Waals surface area contributed by atoms with Crippen LogP contribution in [-0.4, -0.2) is 35.0 Å². The minimum Gasteiger partial charge on any atom is -0.480 e. The predicted molar refractivity (Wildman–Crippen MR) is 75.5 cm³/mol. The summed E-state index contributed by atoms with van der Waals surface area (Å²) in [4.78, 5) is 34.2. The van der Waals surface area contributed by atoms with Gasteiger partial charge < -0.3 is 15.7 Å². The molecule has 0 radical (unpaired) electrons. The molecule has 1 fully saturated rings. The van der Waals surface area contributed by atoms with E-state index in [-0.39, 0.29) is 5.91 Å². The molecule has 1 aromatic carbocycles. The number of benzene rings is 1. The van der Waals surface area contributed by atoms with Crippen LogP contribution in [0, 0.1) is 0 Å². The van der Waals surface area contributed by atoms with E-state index in [9.17, 15) is 19.5 Å². The summed E-state index contributed by atoms with van der Waals surface area (Å²) in [6.45, 7) is 0. The Balaban J connectivity index is 1.88. The quantitative estimate of drug-likeness (QED) is 0.709. The van der Waals surface area contributed by atoms with E-state index in [1.807, 2.05) is 30.3 Å². The zero-order valence-electron chi connectivity index (χ0n) is 11.5. The van der Waals surface area contributed by atoms with Gasteiger partial charge in [0.05, 0.1) is 0 Å². The Morgan fingerprint density at radius 2 is 2.05 bits per heavy atom. The Hall–Kier alpha value is -2.37. The Kier molecular flexibility index (Phi) is 4.92. The maximum atomic E-state index is 11.9. The predicted octanol–water partition coefficient (Wildman–Crippen LogP) is 0.467. The zero-order chi connectivity index (χ0) is 15.2. The molecule has 1 aliphatic rings. The van der Waals surface area contributed by atoms with Crippen molar-refractivity contribution in [3.8, 4) is 0 Å². The molecule has 2 amide bonds. The second-order valence-electron chi connectivity index (χ2n) is 5.08. The summed E-state index contributed by atoms with van der Waals surface area (Å²) < 4.78 is 0. The van der Waals surface area contributed by atoms with Gasteiger partial charge in [0.1, 0.15) is 12.1 Å². The third-order valence-corrected chi connectivity index (χ3v) is 3.49. The summed E-state index contributed by atoms with van der Waals surface area (Å²) in [5, 5.41) is 14.2. The Bertz CT molecular complexity index is 530. The van der Waals surface area contributed by atoms with Gasteiger partial charge in [0.25, 0.3) is 0 Å². The summed E-state index contributed by atoms with van der Waals surface area (Å²) in [5.74, 6) is -1.67. The van der Waals surface area contributed by atoms with E-state index in [2.05, 4.69) is 10.6 Å². The Labute approximate surface area is 122 Å². The van der Waals surface area contributed by atoms with Gasteiger partial charge in [0.2, 0.25) is 11.8 Å². The number of hydrogen-bond donors (Lipinski definition) is 3. The first-order chi connectivity index (χ1) is 10.1. The van der Waals surface area contributed by atoms with Gasteiger partial charge in [-0.25, -0.2) is 4.79 Å². The topological polar surface area (TPSA) is 95.5 Å². The minimum atomic E-state index is -1.07. The number of carbonyl (C=O) groups excluding carboxylic acids is 2. The highest BCUT2D eigenvalue weighted by molar-refractivity contribution is 5.92. The van der Waals surface area contributed by atoms with Crippen LogP contribution >= 0.6 is 0 Å². The van der Waals surface area contributed by atoms with Crippen molar-refractivity contribution in [2.75, 3.05) is 0 Å². The summed E-state index contributed by atoms with van der Waals surface area (Å²) in [6, 6.07) is 7.93. The highest BCUT2D eigenvalue weighted by Gasteiger charge is 2.30. The van der Waals surface area contributed by atoms with Crippen LogP contribution in [0.1, 0.15) is 24.8 Å². The molecule has 0 bridgehead atoms. The molecule has 0 aromatic heterocycles. The van der Waals surface area contributed by atoms with Crippen LogP contribution < -0.4 is 10.6 Å². The number of carbonyl (C=O) groups is 3. The first-order valence-electron chi connectivity index (χ1n) is 6.92. The molecule has 3 N–H and O–H groups in total. The van der Waals surface area contributed by atoms with Crippen molar-refractivity contribution in [2.45, 2.75) is 37.8 Å². The molecule has 112 valence electrons. The van der Waals surface area contributed by atoms with Crippen LogP contribution in [0.3, 0.4) is 0 Å². The highest BCUT2D eigenvalue weighted by atomic mass is 16.4. The summed E-state index contributed by atoms with van der Waals surface area (Å²) >= 11 is 0. The van der Waals surface area contributed by atoms with Gasteiger partial charge in [-0.15, -0.1) is 0 Å². The van der Waals surface area contributed by atoms with E-state index in [0.717, 1.165) is 5.56 Å². The molecule has 1 aromatic rings. The first kappa shape index (κ1) is 15.0. The number of hydrogen-bond acceptors (Lipinski definition) is 3. The Morgan fingerprint density at radius 1 is 1.33 bits per heavy atom. The molecular weight excluding hydrogens is 272 g/mol. The lowest BCUT2D eigenvalue weighted by molar-refractivity contribution is -0.142. The molecular formula is C15H18N2O4. The van der Waals surface area contributed by atoms with E-state index in [0.29, 0.717) is 25.7 Å². The molecule has 1 aliphatic heterocycles. The lowest BCUT2D eigenvalue weighted by Crippen LogP contribution is -2.48. The molecule has 0 aliphatic carbocycles. The van der Waals surface area contributed by atoms with Crippen LogP contribution in [0.25, 0.3) is 0 Å². The smallest absolute Gasteiger partial charge is 0.326 e. The monoisotopic (exact) mass is 290 g/mol. The SMILES string of the molecule is O=C1CC[C@@H](C(=O)N[C@@H](CCc2ccccc2)C(=O)O)N1. The fourth-order valence-electron chi connectivity index (χ4n) is 2.30. The fourth-order valence-corrected chi connectivity index (χ4v) is 2.30. The van der Waals surface area contributed by atoms with Gasteiger partial charge >= 0.3 is 5.97 Å². The molecule has 0 spiro atoms. The molecule has 0 unspecified atom stereocenters. The van der Waals surface area contributed by atoms with Crippen molar-refractivity contribution in [3.05, 3.63) is 35.9 Å². The van der Waals surface area contributed by atoms with E-state index in [1.54, 1.807) is 0 Å². The van der Waals surface area contributed by atoms with Gasteiger partial charge in [-0.2, -0.15) is 0 Å². The van der Waals surface area contributed by atoms with Crippen molar-refractivity contribution in [2.24, 2.45) is 0 Å². The van der Waals surface area contributed by atoms with Gasteiger partial charge in [-0.1, -0.05) is 30.3 Å². The lowest BCUT2D eigenvalue weighted by atomic mass is 10.0. The molecule has 1 heterocycles. The molecule has 1 saturated heterocycles.